The molecule has 1 aromatic carbocycles. The van der Waals surface area contributed by atoms with Gasteiger partial charge in [0.1, 0.15) is 5.75 Å². The molecule has 5 nitrogen and oxygen atoms in total. The smallest absolute Gasteiger partial charge is 0.306 e. The second-order valence-electron chi connectivity index (χ2n) is 5.73. The Morgan fingerprint density at radius 3 is 2.68 bits per heavy atom. The number of aliphatic hydroxyl groups is 1. The maximum absolute atomic E-state index is 10.9. The molecule has 5 heteroatoms. The number of carboxylic acid groups (broad SMARTS) is 1. The lowest BCUT2D eigenvalue weighted by Crippen LogP contribution is -2.37. The lowest BCUT2D eigenvalue weighted by Gasteiger charge is -2.30. The Kier molecular flexibility index (Phi) is 6.21. The van der Waals surface area contributed by atoms with Crippen molar-refractivity contribution >= 4 is 5.97 Å². The molecule has 1 aliphatic rings. The summed E-state index contributed by atoms with van der Waals surface area (Å²) >= 11 is 0. The Hall–Kier alpha value is -1.59. The standard InChI is InChI=1S/C17H25NO4/c1-2-22-16-6-4-3-5-14(16)15(19)9-12-18-10-7-13(8-11-18)17(20)21/h3-6,13,15,19H,2,7-12H2,1H3,(H,20,21). The Bertz CT molecular complexity index is 483. The van der Waals surface area contributed by atoms with Crippen LogP contribution in [0.2, 0.25) is 0 Å². The third-order valence-corrected chi connectivity index (χ3v) is 4.23. The number of aliphatic carboxylic acids is 1. The van der Waals surface area contributed by atoms with Crippen LogP contribution in [0, 0.1) is 5.92 Å². The average molecular weight is 307 g/mol. The van der Waals surface area contributed by atoms with E-state index in [1.165, 1.54) is 0 Å². The van der Waals surface area contributed by atoms with Gasteiger partial charge in [-0.1, -0.05) is 18.2 Å². The highest BCUT2D eigenvalue weighted by Crippen LogP contribution is 2.28. The SMILES string of the molecule is CCOc1ccccc1C(O)CCN1CCC(C(=O)O)CC1. The first-order chi connectivity index (χ1) is 10.6. The second-order valence-corrected chi connectivity index (χ2v) is 5.73. The normalized spacial score (nSPS) is 18.1. The highest BCUT2D eigenvalue weighted by atomic mass is 16.5. The summed E-state index contributed by atoms with van der Waals surface area (Å²) < 4.78 is 5.55. The van der Waals surface area contributed by atoms with Crippen LogP contribution in [-0.4, -0.2) is 47.3 Å². The molecule has 0 bridgehead atoms. The number of carbonyl (C=O) groups is 1. The quantitative estimate of drug-likeness (QED) is 0.809. The molecule has 0 aromatic heterocycles. The molecule has 1 heterocycles. The van der Waals surface area contributed by atoms with Crippen LogP contribution in [0.1, 0.15) is 37.9 Å². The van der Waals surface area contributed by atoms with Gasteiger partial charge in [0.15, 0.2) is 0 Å². The van der Waals surface area contributed by atoms with E-state index in [0.29, 0.717) is 25.9 Å². The van der Waals surface area contributed by atoms with Crippen molar-refractivity contribution in [3.63, 3.8) is 0 Å². The minimum Gasteiger partial charge on any atom is -0.493 e. The van der Waals surface area contributed by atoms with Crippen molar-refractivity contribution < 1.29 is 19.7 Å². The monoisotopic (exact) mass is 307 g/mol. The Morgan fingerprint density at radius 2 is 2.05 bits per heavy atom. The summed E-state index contributed by atoms with van der Waals surface area (Å²) in [6, 6.07) is 7.57. The third-order valence-electron chi connectivity index (χ3n) is 4.23. The predicted molar refractivity (Wildman–Crippen MR) is 84.0 cm³/mol. The molecule has 2 N–H and O–H groups in total. The zero-order valence-corrected chi connectivity index (χ0v) is 13.1. The maximum Gasteiger partial charge on any atom is 0.306 e. The highest BCUT2D eigenvalue weighted by Gasteiger charge is 2.24. The van der Waals surface area contributed by atoms with Gasteiger partial charge in [0.05, 0.1) is 18.6 Å². The Morgan fingerprint density at radius 1 is 1.36 bits per heavy atom. The van der Waals surface area contributed by atoms with Crippen molar-refractivity contribution in [2.24, 2.45) is 5.92 Å². The van der Waals surface area contributed by atoms with Crippen LogP contribution >= 0.6 is 0 Å². The predicted octanol–water partition coefficient (Wildman–Crippen LogP) is 2.31. The number of nitrogens with zero attached hydrogens (tertiary/aromatic N) is 1. The molecule has 22 heavy (non-hydrogen) atoms. The minimum absolute atomic E-state index is 0.208. The van der Waals surface area contributed by atoms with Gasteiger partial charge < -0.3 is 19.8 Å². The summed E-state index contributed by atoms with van der Waals surface area (Å²) in [6.07, 6.45) is 1.46. The topological polar surface area (TPSA) is 70.0 Å². The summed E-state index contributed by atoms with van der Waals surface area (Å²) in [4.78, 5) is 13.2. The summed E-state index contributed by atoms with van der Waals surface area (Å²) in [6.45, 7) is 4.85. The fourth-order valence-corrected chi connectivity index (χ4v) is 2.91. The van der Waals surface area contributed by atoms with Crippen LogP contribution < -0.4 is 4.74 Å². The molecule has 0 spiro atoms. The molecule has 0 saturated carbocycles. The van der Waals surface area contributed by atoms with Gasteiger partial charge in [0.2, 0.25) is 0 Å². The Labute approximate surface area is 131 Å². The number of carboxylic acids is 1. The van der Waals surface area contributed by atoms with Gasteiger partial charge in [-0.3, -0.25) is 4.79 Å². The summed E-state index contributed by atoms with van der Waals surface area (Å²) in [7, 11) is 0. The molecular weight excluding hydrogens is 282 g/mol. The molecule has 1 aromatic rings. The van der Waals surface area contributed by atoms with Gasteiger partial charge >= 0.3 is 5.97 Å². The number of benzene rings is 1. The van der Waals surface area contributed by atoms with E-state index in [2.05, 4.69) is 4.90 Å². The number of piperidine rings is 1. The zero-order chi connectivity index (χ0) is 15.9. The number of likely N-dealkylation sites (tertiary alicyclic amines) is 1. The van der Waals surface area contributed by atoms with Gasteiger partial charge in [-0.05, 0) is 45.3 Å². The molecule has 1 unspecified atom stereocenters. The summed E-state index contributed by atoms with van der Waals surface area (Å²) in [5.41, 5.74) is 0.824. The van der Waals surface area contributed by atoms with Gasteiger partial charge in [-0.2, -0.15) is 0 Å². The molecule has 1 atom stereocenters. The number of hydrogen-bond donors (Lipinski definition) is 2. The van der Waals surface area contributed by atoms with Gasteiger partial charge in [-0.25, -0.2) is 0 Å². The third kappa shape index (κ3) is 4.45. The van der Waals surface area contributed by atoms with E-state index in [1.54, 1.807) is 0 Å². The van der Waals surface area contributed by atoms with E-state index in [9.17, 15) is 9.90 Å². The Balaban J connectivity index is 1.83. The summed E-state index contributed by atoms with van der Waals surface area (Å²) in [5.74, 6) is -0.160. The molecular formula is C17H25NO4. The van der Waals surface area contributed by atoms with Crippen LogP contribution in [0.3, 0.4) is 0 Å². The molecule has 122 valence electrons. The lowest BCUT2D eigenvalue weighted by atomic mass is 9.96. The van der Waals surface area contributed by atoms with Gasteiger partial charge in [0.25, 0.3) is 0 Å². The fourth-order valence-electron chi connectivity index (χ4n) is 2.91. The first-order valence-corrected chi connectivity index (χ1v) is 7.96. The van der Waals surface area contributed by atoms with Crippen molar-refractivity contribution in [3.05, 3.63) is 29.8 Å². The average Bonchev–Trinajstić information content (AvgIpc) is 2.54. The number of hydrogen-bond acceptors (Lipinski definition) is 4. The van der Waals surface area contributed by atoms with E-state index in [1.807, 2.05) is 31.2 Å². The van der Waals surface area contributed by atoms with Crippen LogP contribution in [0.4, 0.5) is 0 Å². The first-order valence-electron chi connectivity index (χ1n) is 7.96. The van der Waals surface area contributed by atoms with Crippen molar-refractivity contribution in [1.29, 1.82) is 0 Å². The molecule has 0 radical (unpaired) electrons. The van der Waals surface area contributed by atoms with Crippen LogP contribution in [-0.2, 0) is 4.79 Å². The van der Waals surface area contributed by atoms with Crippen molar-refractivity contribution in [3.8, 4) is 5.75 Å². The number of para-hydroxylation sites is 1. The lowest BCUT2D eigenvalue weighted by molar-refractivity contribution is -0.143. The number of rotatable bonds is 7. The minimum atomic E-state index is -0.690. The number of ether oxygens (including phenoxy) is 1. The van der Waals surface area contributed by atoms with Crippen LogP contribution in [0.25, 0.3) is 0 Å². The van der Waals surface area contributed by atoms with E-state index in [0.717, 1.165) is 30.9 Å². The molecule has 2 rings (SSSR count). The van der Waals surface area contributed by atoms with Crippen molar-refractivity contribution in [1.82, 2.24) is 4.90 Å². The van der Waals surface area contributed by atoms with Crippen LogP contribution in [0.5, 0.6) is 5.75 Å². The summed E-state index contributed by atoms with van der Waals surface area (Å²) in [5, 5.41) is 19.4. The molecule has 1 saturated heterocycles. The van der Waals surface area contributed by atoms with E-state index in [4.69, 9.17) is 9.84 Å². The van der Waals surface area contributed by atoms with Crippen molar-refractivity contribution in [2.75, 3.05) is 26.2 Å². The van der Waals surface area contributed by atoms with Gasteiger partial charge in [-0.15, -0.1) is 0 Å². The van der Waals surface area contributed by atoms with E-state index in [-0.39, 0.29) is 5.92 Å². The molecule has 0 amide bonds. The maximum atomic E-state index is 10.9. The highest BCUT2D eigenvalue weighted by molar-refractivity contribution is 5.70. The largest absolute Gasteiger partial charge is 0.493 e. The van der Waals surface area contributed by atoms with Gasteiger partial charge in [0, 0.05) is 12.1 Å². The zero-order valence-electron chi connectivity index (χ0n) is 13.1. The first kappa shape index (κ1) is 16.8. The molecule has 0 aliphatic carbocycles. The second kappa shape index (κ2) is 8.15. The van der Waals surface area contributed by atoms with Crippen molar-refractivity contribution in [2.45, 2.75) is 32.3 Å². The van der Waals surface area contributed by atoms with E-state index < -0.39 is 12.1 Å². The molecule has 1 aliphatic heterocycles. The fraction of sp³-hybridized carbons (Fsp3) is 0.588. The van der Waals surface area contributed by atoms with E-state index >= 15 is 0 Å². The molecule has 1 fully saturated rings. The van der Waals surface area contributed by atoms with Crippen LogP contribution in [0.15, 0.2) is 24.3 Å². The number of aliphatic hydroxyl groups excluding tert-OH is 1.